The van der Waals surface area contributed by atoms with Crippen LogP contribution in [0.5, 0.6) is 0 Å². The van der Waals surface area contributed by atoms with Crippen LogP contribution in [0.4, 0.5) is 4.39 Å². The molecular weight excluding hydrogens is 283 g/mol. The van der Waals surface area contributed by atoms with Gasteiger partial charge in [0.1, 0.15) is 5.82 Å². The molecule has 1 aliphatic heterocycles. The zero-order chi connectivity index (χ0) is 12.3. The molecule has 94 valence electrons. The Morgan fingerprint density at radius 2 is 2.35 bits per heavy atom. The van der Waals surface area contributed by atoms with Gasteiger partial charge in [0.25, 0.3) is 0 Å². The van der Waals surface area contributed by atoms with Crippen LogP contribution in [-0.4, -0.2) is 31.6 Å². The summed E-state index contributed by atoms with van der Waals surface area (Å²) in [5.41, 5.74) is 1.12. The largest absolute Gasteiger partial charge is 0.312 e. The molecule has 1 aromatic carbocycles. The number of nitrogens with one attached hydrogen (secondary N) is 1. The molecule has 1 aliphatic rings. The zero-order valence-corrected chi connectivity index (χ0v) is 11.6. The standard InChI is InChI=1S/C13H18BrFN2/c1-17-5-4-11(9-17)8-16-7-10-2-3-13(15)12(14)6-10/h2-3,6,11,16H,4-5,7-9H2,1H3. The molecule has 1 N–H and O–H groups in total. The SMILES string of the molecule is CN1CCC(CNCc2ccc(F)c(Br)c2)C1. The highest BCUT2D eigenvalue weighted by molar-refractivity contribution is 9.10. The molecule has 0 aromatic heterocycles. The van der Waals surface area contributed by atoms with E-state index in [1.54, 1.807) is 0 Å². The third-order valence-corrected chi connectivity index (χ3v) is 3.84. The van der Waals surface area contributed by atoms with Crippen molar-refractivity contribution in [2.45, 2.75) is 13.0 Å². The fraction of sp³-hybridized carbons (Fsp3) is 0.538. The molecule has 1 heterocycles. The molecule has 2 rings (SSSR count). The monoisotopic (exact) mass is 300 g/mol. The summed E-state index contributed by atoms with van der Waals surface area (Å²) in [6, 6.07) is 5.17. The van der Waals surface area contributed by atoms with Gasteiger partial charge >= 0.3 is 0 Å². The van der Waals surface area contributed by atoms with E-state index in [2.05, 4.69) is 33.2 Å². The van der Waals surface area contributed by atoms with E-state index in [1.165, 1.54) is 25.6 Å². The summed E-state index contributed by atoms with van der Waals surface area (Å²) in [6.45, 7) is 4.23. The fourth-order valence-corrected chi connectivity index (χ4v) is 2.69. The van der Waals surface area contributed by atoms with Crippen molar-refractivity contribution in [1.29, 1.82) is 0 Å². The van der Waals surface area contributed by atoms with Gasteiger partial charge in [-0.15, -0.1) is 0 Å². The molecule has 0 bridgehead atoms. The van der Waals surface area contributed by atoms with Gasteiger partial charge in [-0.2, -0.15) is 0 Å². The van der Waals surface area contributed by atoms with Crippen LogP contribution in [0.1, 0.15) is 12.0 Å². The summed E-state index contributed by atoms with van der Waals surface area (Å²) in [4.78, 5) is 2.36. The van der Waals surface area contributed by atoms with Crippen molar-refractivity contribution in [3.8, 4) is 0 Å². The van der Waals surface area contributed by atoms with Gasteiger partial charge in [0, 0.05) is 13.1 Å². The molecule has 1 aromatic rings. The van der Waals surface area contributed by atoms with Crippen molar-refractivity contribution in [3.63, 3.8) is 0 Å². The highest BCUT2D eigenvalue weighted by Gasteiger charge is 2.18. The van der Waals surface area contributed by atoms with Crippen molar-refractivity contribution >= 4 is 15.9 Å². The van der Waals surface area contributed by atoms with Gasteiger partial charge in [-0.1, -0.05) is 6.07 Å². The molecule has 4 heteroatoms. The first kappa shape index (κ1) is 13.0. The van der Waals surface area contributed by atoms with E-state index in [4.69, 9.17) is 0 Å². The van der Waals surface area contributed by atoms with Gasteiger partial charge in [0.05, 0.1) is 4.47 Å². The lowest BCUT2D eigenvalue weighted by molar-refractivity contribution is 0.388. The maximum atomic E-state index is 13.0. The molecule has 1 fully saturated rings. The number of rotatable bonds is 4. The molecule has 0 amide bonds. The van der Waals surface area contributed by atoms with Crippen LogP contribution in [0.25, 0.3) is 0 Å². The minimum atomic E-state index is -0.203. The van der Waals surface area contributed by atoms with Crippen LogP contribution < -0.4 is 5.32 Å². The Morgan fingerprint density at radius 1 is 1.53 bits per heavy atom. The number of nitrogens with zero attached hydrogens (tertiary/aromatic N) is 1. The second-order valence-electron chi connectivity index (χ2n) is 4.80. The lowest BCUT2D eigenvalue weighted by atomic mass is 10.1. The van der Waals surface area contributed by atoms with Crippen LogP contribution in [0, 0.1) is 11.7 Å². The van der Waals surface area contributed by atoms with E-state index in [-0.39, 0.29) is 5.82 Å². The molecule has 17 heavy (non-hydrogen) atoms. The Balaban J connectivity index is 1.76. The van der Waals surface area contributed by atoms with Gasteiger partial charge in [-0.25, -0.2) is 4.39 Å². The molecule has 1 unspecified atom stereocenters. The molecule has 0 spiro atoms. The Morgan fingerprint density at radius 3 is 3.00 bits per heavy atom. The molecule has 1 atom stereocenters. The third kappa shape index (κ3) is 3.76. The van der Waals surface area contributed by atoms with Crippen molar-refractivity contribution in [1.82, 2.24) is 10.2 Å². The number of hydrogen-bond donors (Lipinski definition) is 1. The van der Waals surface area contributed by atoms with Crippen molar-refractivity contribution in [3.05, 3.63) is 34.1 Å². The van der Waals surface area contributed by atoms with Crippen LogP contribution in [0.2, 0.25) is 0 Å². The van der Waals surface area contributed by atoms with E-state index in [1.807, 2.05) is 12.1 Å². The van der Waals surface area contributed by atoms with E-state index < -0.39 is 0 Å². The number of benzene rings is 1. The van der Waals surface area contributed by atoms with Crippen molar-refractivity contribution in [2.24, 2.45) is 5.92 Å². The fourth-order valence-electron chi connectivity index (χ4n) is 2.26. The summed E-state index contributed by atoms with van der Waals surface area (Å²) < 4.78 is 13.6. The van der Waals surface area contributed by atoms with Gasteiger partial charge in [-0.3, -0.25) is 0 Å². The van der Waals surface area contributed by atoms with Gasteiger partial charge in [-0.05, 0) is 66.1 Å². The van der Waals surface area contributed by atoms with Crippen LogP contribution >= 0.6 is 15.9 Å². The number of hydrogen-bond acceptors (Lipinski definition) is 2. The minimum absolute atomic E-state index is 0.203. The summed E-state index contributed by atoms with van der Waals surface area (Å²) in [6.07, 6.45) is 1.27. The summed E-state index contributed by atoms with van der Waals surface area (Å²) >= 11 is 3.20. The maximum Gasteiger partial charge on any atom is 0.137 e. The first-order valence-corrected chi connectivity index (χ1v) is 6.77. The first-order chi connectivity index (χ1) is 8.15. The normalized spacial score (nSPS) is 21.0. The predicted molar refractivity (Wildman–Crippen MR) is 71.4 cm³/mol. The zero-order valence-electron chi connectivity index (χ0n) is 10.0. The molecule has 2 nitrogen and oxygen atoms in total. The molecular formula is C13H18BrFN2. The molecule has 0 radical (unpaired) electrons. The van der Waals surface area contributed by atoms with Crippen LogP contribution in [0.15, 0.2) is 22.7 Å². The van der Waals surface area contributed by atoms with E-state index >= 15 is 0 Å². The predicted octanol–water partition coefficient (Wildman–Crippen LogP) is 2.63. The summed E-state index contributed by atoms with van der Waals surface area (Å²) in [5, 5.41) is 3.44. The highest BCUT2D eigenvalue weighted by Crippen LogP contribution is 2.17. The van der Waals surface area contributed by atoms with Crippen LogP contribution in [-0.2, 0) is 6.54 Å². The highest BCUT2D eigenvalue weighted by atomic mass is 79.9. The number of likely N-dealkylation sites (tertiary alicyclic amines) is 1. The van der Waals surface area contributed by atoms with E-state index in [9.17, 15) is 4.39 Å². The lowest BCUT2D eigenvalue weighted by Crippen LogP contribution is -2.24. The smallest absolute Gasteiger partial charge is 0.137 e. The first-order valence-electron chi connectivity index (χ1n) is 5.98. The minimum Gasteiger partial charge on any atom is -0.312 e. The molecule has 0 saturated carbocycles. The van der Waals surface area contributed by atoms with Crippen molar-refractivity contribution < 1.29 is 4.39 Å². The quantitative estimate of drug-likeness (QED) is 0.920. The van der Waals surface area contributed by atoms with Gasteiger partial charge < -0.3 is 10.2 Å². The number of halogens is 2. The van der Waals surface area contributed by atoms with Gasteiger partial charge in [0.15, 0.2) is 0 Å². The molecule has 0 aliphatic carbocycles. The van der Waals surface area contributed by atoms with Crippen LogP contribution in [0.3, 0.4) is 0 Å². The van der Waals surface area contributed by atoms with Gasteiger partial charge in [0.2, 0.25) is 0 Å². The Hall–Kier alpha value is -0.450. The molecule has 1 saturated heterocycles. The second kappa shape index (κ2) is 5.94. The Kier molecular flexibility index (Phi) is 4.54. The maximum absolute atomic E-state index is 13.0. The summed E-state index contributed by atoms with van der Waals surface area (Å²) in [5.74, 6) is 0.551. The van der Waals surface area contributed by atoms with E-state index in [0.717, 1.165) is 24.6 Å². The van der Waals surface area contributed by atoms with Crippen molar-refractivity contribution in [2.75, 3.05) is 26.7 Å². The average Bonchev–Trinajstić information content (AvgIpc) is 2.70. The third-order valence-electron chi connectivity index (χ3n) is 3.24. The Bertz CT molecular complexity index is 384. The summed E-state index contributed by atoms with van der Waals surface area (Å²) in [7, 11) is 2.16. The Labute approximate surface area is 110 Å². The average molecular weight is 301 g/mol. The lowest BCUT2D eigenvalue weighted by Gasteiger charge is -2.11. The second-order valence-corrected chi connectivity index (χ2v) is 5.65. The topological polar surface area (TPSA) is 15.3 Å². The van der Waals surface area contributed by atoms with E-state index in [0.29, 0.717) is 4.47 Å².